The van der Waals surface area contributed by atoms with Crippen molar-refractivity contribution in [3.63, 3.8) is 0 Å². The summed E-state index contributed by atoms with van der Waals surface area (Å²) in [6, 6.07) is 6.16. The van der Waals surface area contributed by atoms with E-state index in [0.29, 0.717) is 5.92 Å². The van der Waals surface area contributed by atoms with Crippen molar-refractivity contribution in [1.82, 2.24) is 0 Å². The minimum absolute atomic E-state index is 0.373. The van der Waals surface area contributed by atoms with Gasteiger partial charge in [-0.1, -0.05) is 28.9 Å². The molecular weight excluding hydrogens is 252 g/mol. The Bertz CT molecular complexity index is 375. The number of hydrogen-bond acceptors (Lipinski definition) is 1. The van der Waals surface area contributed by atoms with Crippen molar-refractivity contribution < 1.29 is 5.11 Å². The molecule has 15 heavy (non-hydrogen) atoms. The fourth-order valence-electron chi connectivity index (χ4n) is 2.68. The number of hydrogen-bond donors (Lipinski definition) is 1. The highest BCUT2D eigenvalue weighted by Gasteiger charge is 2.40. The number of benzene rings is 1. The summed E-state index contributed by atoms with van der Waals surface area (Å²) in [4.78, 5) is 0. The first-order valence-corrected chi connectivity index (χ1v) is 6.32. The molecule has 2 heteroatoms. The van der Waals surface area contributed by atoms with Gasteiger partial charge in [-0.2, -0.15) is 0 Å². The molecule has 1 saturated carbocycles. The standard InChI is InChI=1S/C13H17BrO/c1-9-8-11(14)5-6-12(9)13(15)7-3-4-10(13)2/h5-6,8,10,15H,3-4,7H2,1-2H3/t10-,13-/m1/s1. The van der Waals surface area contributed by atoms with Gasteiger partial charge in [0.1, 0.15) is 0 Å². The highest BCUT2D eigenvalue weighted by molar-refractivity contribution is 9.10. The van der Waals surface area contributed by atoms with Crippen molar-refractivity contribution in [3.8, 4) is 0 Å². The maximum atomic E-state index is 10.7. The quantitative estimate of drug-likeness (QED) is 0.822. The van der Waals surface area contributed by atoms with Crippen LogP contribution in [0.5, 0.6) is 0 Å². The molecule has 0 aromatic heterocycles. The van der Waals surface area contributed by atoms with E-state index in [-0.39, 0.29) is 0 Å². The van der Waals surface area contributed by atoms with E-state index >= 15 is 0 Å². The first-order valence-electron chi connectivity index (χ1n) is 5.53. The topological polar surface area (TPSA) is 20.2 Å². The summed E-state index contributed by atoms with van der Waals surface area (Å²) < 4.78 is 1.08. The molecule has 0 unspecified atom stereocenters. The monoisotopic (exact) mass is 268 g/mol. The molecule has 2 atom stereocenters. The largest absolute Gasteiger partial charge is 0.385 e. The molecular formula is C13H17BrO. The lowest BCUT2D eigenvalue weighted by Crippen LogP contribution is -2.29. The average molecular weight is 269 g/mol. The summed E-state index contributed by atoms with van der Waals surface area (Å²) in [5.74, 6) is 0.373. The summed E-state index contributed by atoms with van der Waals surface area (Å²) >= 11 is 3.46. The van der Waals surface area contributed by atoms with Gasteiger partial charge in [0, 0.05) is 4.47 Å². The third-order valence-corrected chi connectivity index (χ3v) is 4.16. The molecule has 1 fully saturated rings. The fourth-order valence-corrected chi connectivity index (χ4v) is 3.15. The van der Waals surface area contributed by atoms with Crippen LogP contribution in [-0.2, 0) is 5.60 Å². The normalized spacial score (nSPS) is 30.8. The summed E-state index contributed by atoms with van der Waals surface area (Å²) in [6.45, 7) is 4.22. The van der Waals surface area contributed by atoms with E-state index in [4.69, 9.17) is 0 Å². The molecule has 1 aliphatic rings. The van der Waals surface area contributed by atoms with Gasteiger partial charge in [-0.05, 0) is 55.4 Å². The average Bonchev–Trinajstić information content (AvgIpc) is 2.47. The van der Waals surface area contributed by atoms with Crippen LogP contribution in [0.15, 0.2) is 22.7 Å². The molecule has 2 rings (SSSR count). The molecule has 0 radical (unpaired) electrons. The van der Waals surface area contributed by atoms with E-state index in [1.54, 1.807) is 0 Å². The van der Waals surface area contributed by atoms with E-state index in [2.05, 4.69) is 41.9 Å². The van der Waals surface area contributed by atoms with Crippen molar-refractivity contribution in [3.05, 3.63) is 33.8 Å². The number of aryl methyl sites for hydroxylation is 1. The Kier molecular flexibility index (Phi) is 2.91. The van der Waals surface area contributed by atoms with Crippen LogP contribution in [0.2, 0.25) is 0 Å². The van der Waals surface area contributed by atoms with Gasteiger partial charge < -0.3 is 5.11 Å². The second-order valence-electron chi connectivity index (χ2n) is 4.68. The van der Waals surface area contributed by atoms with Gasteiger partial charge in [-0.15, -0.1) is 0 Å². The molecule has 0 spiro atoms. The molecule has 1 N–H and O–H groups in total. The summed E-state index contributed by atoms with van der Waals surface area (Å²) in [6.07, 6.45) is 3.16. The number of halogens is 1. The Morgan fingerprint density at radius 3 is 2.73 bits per heavy atom. The smallest absolute Gasteiger partial charge is 0.0924 e. The van der Waals surface area contributed by atoms with Crippen LogP contribution >= 0.6 is 15.9 Å². The molecule has 0 aliphatic heterocycles. The molecule has 0 amide bonds. The molecule has 1 aromatic carbocycles. The van der Waals surface area contributed by atoms with Crippen LogP contribution in [0, 0.1) is 12.8 Å². The lowest BCUT2D eigenvalue weighted by molar-refractivity contribution is 0.00390. The number of aliphatic hydroxyl groups is 1. The molecule has 82 valence electrons. The van der Waals surface area contributed by atoms with Crippen LogP contribution in [0.3, 0.4) is 0 Å². The van der Waals surface area contributed by atoms with E-state index in [1.165, 1.54) is 5.56 Å². The highest BCUT2D eigenvalue weighted by Crippen LogP contribution is 2.44. The fraction of sp³-hybridized carbons (Fsp3) is 0.538. The van der Waals surface area contributed by atoms with Crippen molar-refractivity contribution in [2.24, 2.45) is 5.92 Å². The molecule has 1 aromatic rings. The van der Waals surface area contributed by atoms with E-state index in [1.807, 2.05) is 6.07 Å². The summed E-state index contributed by atoms with van der Waals surface area (Å²) in [5, 5.41) is 10.7. The van der Waals surface area contributed by atoms with Crippen molar-refractivity contribution in [2.75, 3.05) is 0 Å². The van der Waals surface area contributed by atoms with Gasteiger partial charge in [0.15, 0.2) is 0 Å². The van der Waals surface area contributed by atoms with Crippen LogP contribution in [0.25, 0.3) is 0 Å². The highest BCUT2D eigenvalue weighted by atomic mass is 79.9. The van der Waals surface area contributed by atoms with Crippen LogP contribution in [-0.4, -0.2) is 5.11 Å². The van der Waals surface area contributed by atoms with Gasteiger partial charge >= 0.3 is 0 Å². The first-order chi connectivity index (χ1) is 7.04. The van der Waals surface area contributed by atoms with Gasteiger partial charge in [0.25, 0.3) is 0 Å². The zero-order valence-corrected chi connectivity index (χ0v) is 10.8. The molecule has 0 heterocycles. The Balaban J connectivity index is 2.44. The third-order valence-electron chi connectivity index (χ3n) is 3.67. The molecule has 0 saturated heterocycles. The Morgan fingerprint density at radius 1 is 1.47 bits per heavy atom. The van der Waals surface area contributed by atoms with Crippen LogP contribution in [0.4, 0.5) is 0 Å². The zero-order chi connectivity index (χ0) is 11.1. The SMILES string of the molecule is Cc1cc(Br)ccc1[C@@]1(O)CCC[C@H]1C. The lowest BCUT2D eigenvalue weighted by Gasteiger charge is -2.30. The Hall–Kier alpha value is -0.340. The van der Waals surface area contributed by atoms with Gasteiger partial charge in [0.2, 0.25) is 0 Å². The zero-order valence-electron chi connectivity index (χ0n) is 9.26. The van der Waals surface area contributed by atoms with Crippen molar-refractivity contribution >= 4 is 15.9 Å². The minimum Gasteiger partial charge on any atom is -0.385 e. The summed E-state index contributed by atoms with van der Waals surface area (Å²) in [5.41, 5.74) is 1.70. The van der Waals surface area contributed by atoms with Gasteiger partial charge in [-0.3, -0.25) is 0 Å². The van der Waals surface area contributed by atoms with Gasteiger partial charge in [0.05, 0.1) is 5.60 Å². The Labute approximate surface area is 99.6 Å². The third kappa shape index (κ3) is 1.85. The summed E-state index contributed by atoms with van der Waals surface area (Å²) in [7, 11) is 0. The Morgan fingerprint density at radius 2 is 2.20 bits per heavy atom. The predicted octanol–water partition coefficient (Wildman–Crippen LogP) is 3.77. The van der Waals surface area contributed by atoms with Gasteiger partial charge in [-0.25, -0.2) is 0 Å². The van der Waals surface area contributed by atoms with Crippen LogP contribution < -0.4 is 0 Å². The van der Waals surface area contributed by atoms with Crippen molar-refractivity contribution in [2.45, 2.75) is 38.7 Å². The first kappa shape index (κ1) is 11.2. The maximum absolute atomic E-state index is 10.7. The van der Waals surface area contributed by atoms with E-state index in [9.17, 15) is 5.11 Å². The second-order valence-corrected chi connectivity index (χ2v) is 5.59. The van der Waals surface area contributed by atoms with E-state index < -0.39 is 5.60 Å². The lowest BCUT2D eigenvalue weighted by atomic mass is 9.83. The number of rotatable bonds is 1. The minimum atomic E-state index is -0.592. The molecule has 0 bridgehead atoms. The molecule has 1 aliphatic carbocycles. The van der Waals surface area contributed by atoms with Crippen LogP contribution in [0.1, 0.15) is 37.3 Å². The molecule has 1 nitrogen and oxygen atoms in total. The maximum Gasteiger partial charge on any atom is 0.0924 e. The van der Waals surface area contributed by atoms with E-state index in [0.717, 1.165) is 29.3 Å². The second kappa shape index (κ2) is 3.91. The predicted molar refractivity (Wildman–Crippen MR) is 65.8 cm³/mol. The van der Waals surface area contributed by atoms with Crippen molar-refractivity contribution in [1.29, 1.82) is 0 Å².